The molecule has 0 bridgehead atoms. The first-order chi connectivity index (χ1) is 16.3. The molecule has 0 aliphatic heterocycles. The lowest BCUT2D eigenvalue weighted by Gasteiger charge is -2.26. The molecule has 0 radical (unpaired) electrons. The zero-order chi connectivity index (χ0) is 24.7. The van der Waals surface area contributed by atoms with Crippen LogP contribution in [0, 0.1) is 6.92 Å². The van der Waals surface area contributed by atoms with Gasteiger partial charge in [-0.15, -0.1) is 0 Å². The minimum absolute atomic E-state index is 0.108. The molecular weight excluding hydrogens is 452 g/mol. The van der Waals surface area contributed by atoms with E-state index >= 15 is 0 Å². The van der Waals surface area contributed by atoms with E-state index in [1.54, 1.807) is 49.6 Å². The number of anilines is 1. The molecule has 8 heteroatoms. The summed E-state index contributed by atoms with van der Waals surface area (Å²) < 4.78 is 38.6. The van der Waals surface area contributed by atoms with Gasteiger partial charge in [0.1, 0.15) is 18.0 Å². The summed E-state index contributed by atoms with van der Waals surface area (Å²) in [6.45, 7) is 3.54. The summed E-state index contributed by atoms with van der Waals surface area (Å²) in [5.41, 5.74) is 2.25. The smallest absolute Gasteiger partial charge is 0.264 e. The summed E-state index contributed by atoms with van der Waals surface area (Å²) in [5.74, 6) is 0.950. The van der Waals surface area contributed by atoms with Crippen molar-refractivity contribution in [3.05, 3.63) is 83.9 Å². The molecule has 1 N–H and O–H groups in total. The number of carbonyl (C=O) groups excluding carboxylic acids is 1. The average molecular weight is 483 g/mol. The first kappa shape index (κ1) is 25.1. The maximum Gasteiger partial charge on any atom is 0.264 e. The molecular formula is C26H30N2O5S. The van der Waals surface area contributed by atoms with Crippen LogP contribution in [-0.4, -0.2) is 35.1 Å². The van der Waals surface area contributed by atoms with Crippen molar-refractivity contribution in [3.63, 3.8) is 0 Å². The van der Waals surface area contributed by atoms with Crippen LogP contribution in [-0.2, 0) is 14.8 Å². The molecule has 3 aromatic carbocycles. The molecule has 1 amide bonds. The predicted octanol–water partition coefficient (Wildman–Crippen LogP) is 4.48. The molecule has 0 aliphatic carbocycles. The Morgan fingerprint density at radius 1 is 0.971 bits per heavy atom. The van der Waals surface area contributed by atoms with Gasteiger partial charge in [0.05, 0.1) is 30.8 Å². The predicted molar refractivity (Wildman–Crippen MR) is 133 cm³/mol. The third-order valence-corrected chi connectivity index (χ3v) is 7.33. The van der Waals surface area contributed by atoms with E-state index in [2.05, 4.69) is 5.32 Å². The van der Waals surface area contributed by atoms with E-state index in [1.807, 2.05) is 32.0 Å². The van der Waals surface area contributed by atoms with Gasteiger partial charge in [0.15, 0.2) is 0 Å². The fourth-order valence-electron chi connectivity index (χ4n) is 3.69. The maximum absolute atomic E-state index is 13.5. The lowest BCUT2D eigenvalue weighted by atomic mass is 10.0. The minimum Gasteiger partial charge on any atom is -0.497 e. The molecule has 7 nitrogen and oxygen atoms in total. The number of rotatable bonds is 10. The monoisotopic (exact) mass is 482 g/mol. The molecule has 1 atom stereocenters. The van der Waals surface area contributed by atoms with E-state index in [0.717, 1.165) is 21.2 Å². The van der Waals surface area contributed by atoms with Gasteiger partial charge in [-0.2, -0.15) is 0 Å². The van der Waals surface area contributed by atoms with Crippen LogP contribution in [0.2, 0.25) is 0 Å². The van der Waals surface area contributed by atoms with Crippen LogP contribution in [0.1, 0.15) is 30.5 Å². The average Bonchev–Trinajstić information content (AvgIpc) is 2.86. The van der Waals surface area contributed by atoms with Crippen LogP contribution in [0.4, 0.5) is 5.69 Å². The van der Waals surface area contributed by atoms with E-state index in [1.165, 1.54) is 19.2 Å². The second kappa shape index (κ2) is 11.1. The van der Waals surface area contributed by atoms with Gasteiger partial charge in [-0.1, -0.05) is 37.3 Å². The maximum atomic E-state index is 13.5. The van der Waals surface area contributed by atoms with Gasteiger partial charge >= 0.3 is 0 Å². The molecule has 180 valence electrons. The van der Waals surface area contributed by atoms with Crippen molar-refractivity contribution in [2.45, 2.75) is 31.2 Å². The van der Waals surface area contributed by atoms with Crippen molar-refractivity contribution < 1.29 is 22.7 Å². The number of hydrogen-bond donors (Lipinski definition) is 1. The molecule has 0 saturated carbocycles. The van der Waals surface area contributed by atoms with Crippen LogP contribution in [0.15, 0.2) is 77.7 Å². The van der Waals surface area contributed by atoms with Crippen LogP contribution < -0.4 is 19.1 Å². The van der Waals surface area contributed by atoms with Gasteiger partial charge < -0.3 is 14.8 Å². The van der Waals surface area contributed by atoms with E-state index in [0.29, 0.717) is 17.9 Å². The highest BCUT2D eigenvalue weighted by molar-refractivity contribution is 7.92. The highest BCUT2D eigenvalue weighted by atomic mass is 32.2. The summed E-state index contributed by atoms with van der Waals surface area (Å²) >= 11 is 0. The number of amides is 1. The number of hydrogen-bond acceptors (Lipinski definition) is 5. The highest BCUT2D eigenvalue weighted by Crippen LogP contribution is 2.27. The zero-order valence-corrected chi connectivity index (χ0v) is 20.6. The molecule has 3 aromatic rings. The number of nitrogens with zero attached hydrogens (tertiary/aromatic N) is 1. The number of ether oxygens (including phenoxy) is 2. The fourth-order valence-corrected chi connectivity index (χ4v) is 5.14. The summed E-state index contributed by atoms with van der Waals surface area (Å²) in [6, 6.07) is 20.1. The van der Waals surface area contributed by atoms with Crippen LogP contribution in [0.3, 0.4) is 0 Å². The third kappa shape index (κ3) is 5.69. The minimum atomic E-state index is -3.98. The number of carbonyl (C=O) groups is 1. The van der Waals surface area contributed by atoms with Crippen LogP contribution in [0.5, 0.6) is 11.5 Å². The molecule has 0 aromatic heterocycles. The Kier molecular flexibility index (Phi) is 8.17. The van der Waals surface area contributed by atoms with E-state index in [4.69, 9.17) is 9.47 Å². The first-order valence-electron chi connectivity index (χ1n) is 11.0. The van der Waals surface area contributed by atoms with E-state index in [9.17, 15) is 13.2 Å². The Balaban J connectivity index is 1.89. The Labute approximate surface area is 201 Å². The van der Waals surface area contributed by atoms with Crippen molar-refractivity contribution in [1.29, 1.82) is 0 Å². The largest absolute Gasteiger partial charge is 0.497 e. The second-order valence-electron chi connectivity index (χ2n) is 7.78. The van der Waals surface area contributed by atoms with Gasteiger partial charge in [-0.3, -0.25) is 9.10 Å². The molecule has 34 heavy (non-hydrogen) atoms. The topological polar surface area (TPSA) is 84.9 Å². The van der Waals surface area contributed by atoms with E-state index in [-0.39, 0.29) is 17.5 Å². The molecule has 3 rings (SSSR count). The summed E-state index contributed by atoms with van der Waals surface area (Å²) in [6.07, 6.45) is 0.644. The molecule has 0 aliphatic rings. The Morgan fingerprint density at radius 3 is 2.21 bits per heavy atom. The summed E-state index contributed by atoms with van der Waals surface area (Å²) in [4.78, 5) is 13.2. The SMILES string of the molecule is CCC(NC(=O)CN(c1ccc(OC)cc1)S(=O)(=O)c1ccccc1)c1ccc(OC)c(C)c1. The third-order valence-electron chi connectivity index (χ3n) is 5.54. The Morgan fingerprint density at radius 2 is 1.65 bits per heavy atom. The molecule has 0 heterocycles. The van der Waals surface area contributed by atoms with E-state index < -0.39 is 15.9 Å². The van der Waals surface area contributed by atoms with Gasteiger partial charge in [-0.05, 0) is 66.9 Å². The van der Waals surface area contributed by atoms with Crippen molar-refractivity contribution in [2.75, 3.05) is 25.1 Å². The fraction of sp³-hybridized carbons (Fsp3) is 0.269. The Hall–Kier alpha value is -3.52. The molecule has 1 unspecified atom stereocenters. The highest BCUT2D eigenvalue weighted by Gasteiger charge is 2.28. The summed E-state index contributed by atoms with van der Waals surface area (Å²) in [7, 11) is -0.829. The quantitative estimate of drug-likeness (QED) is 0.461. The lowest BCUT2D eigenvalue weighted by Crippen LogP contribution is -2.42. The Bertz CT molecular complexity index is 1210. The molecule has 0 spiro atoms. The number of benzene rings is 3. The van der Waals surface area contributed by atoms with Gasteiger partial charge in [0, 0.05) is 0 Å². The second-order valence-corrected chi connectivity index (χ2v) is 9.64. The van der Waals surface area contributed by atoms with Crippen molar-refractivity contribution in [1.82, 2.24) is 5.32 Å². The number of sulfonamides is 1. The molecule has 0 fully saturated rings. The molecule has 0 saturated heterocycles. The van der Waals surface area contributed by atoms with Crippen LogP contribution >= 0.6 is 0 Å². The lowest BCUT2D eigenvalue weighted by molar-refractivity contribution is -0.120. The van der Waals surface area contributed by atoms with Gasteiger partial charge in [-0.25, -0.2) is 8.42 Å². The van der Waals surface area contributed by atoms with Crippen molar-refractivity contribution in [3.8, 4) is 11.5 Å². The van der Waals surface area contributed by atoms with Crippen molar-refractivity contribution in [2.24, 2.45) is 0 Å². The first-order valence-corrected chi connectivity index (χ1v) is 12.4. The number of aryl methyl sites for hydroxylation is 1. The van der Waals surface area contributed by atoms with Gasteiger partial charge in [0.2, 0.25) is 5.91 Å². The number of nitrogens with one attached hydrogen (secondary N) is 1. The van der Waals surface area contributed by atoms with Crippen LogP contribution in [0.25, 0.3) is 0 Å². The standard InChI is InChI=1S/C26H30N2O5S/c1-5-24(20-11-16-25(33-4)19(2)17-20)27-26(29)18-28(21-12-14-22(32-3)15-13-21)34(30,31)23-9-7-6-8-10-23/h6-17,24H,5,18H2,1-4H3,(H,27,29). The van der Waals surface area contributed by atoms with Gasteiger partial charge in [0.25, 0.3) is 10.0 Å². The normalized spacial score (nSPS) is 12.0. The zero-order valence-electron chi connectivity index (χ0n) is 19.8. The van der Waals surface area contributed by atoms with Crippen molar-refractivity contribution >= 4 is 21.6 Å². The number of methoxy groups -OCH3 is 2. The summed E-state index contributed by atoms with van der Waals surface area (Å²) in [5, 5.41) is 2.98.